The number of esters is 1. The third kappa shape index (κ3) is 2.03. The smallest absolute Gasteiger partial charge is 0.314 e. The van der Waals surface area contributed by atoms with Crippen LogP contribution in [0.4, 0.5) is 0 Å². The van der Waals surface area contributed by atoms with Crippen molar-refractivity contribution >= 4 is 11.9 Å². The van der Waals surface area contributed by atoms with E-state index in [1.54, 1.807) is 0 Å². The Morgan fingerprint density at radius 1 is 1.45 bits per heavy atom. The van der Waals surface area contributed by atoms with E-state index >= 15 is 0 Å². The molecule has 0 saturated carbocycles. The number of rotatable bonds is 0. The highest BCUT2D eigenvalue weighted by molar-refractivity contribution is 5.93. The number of hydrogen-bond donors (Lipinski definition) is 0. The molecule has 0 aromatic rings. The lowest BCUT2D eigenvalue weighted by molar-refractivity contribution is -0.136. The molecule has 1 heterocycles. The summed E-state index contributed by atoms with van der Waals surface area (Å²) >= 11 is 0. The first-order valence-corrected chi connectivity index (χ1v) is 3.76. The number of carbonyl (C=O) groups is 1. The molecule has 3 heteroatoms. The first kappa shape index (κ1) is 8.24. The van der Waals surface area contributed by atoms with E-state index in [4.69, 9.17) is 4.74 Å². The predicted octanol–water partition coefficient (Wildman–Crippen LogP) is 1.38. The standard InChI is InChI=1S/C8H13NO2/c1-8(2,3)7-9-5-4-6(10)11-7/h4-5H2,1-3H3. The van der Waals surface area contributed by atoms with E-state index < -0.39 is 0 Å². The highest BCUT2D eigenvalue weighted by atomic mass is 16.5. The molecule has 1 rings (SSSR count). The molecule has 1 aliphatic heterocycles. The van der Waals surface area contributed by atoms with Crippen molar-refractivity contribution < 1.29 is 9.53 Å². The van der Waals surface area contributed by atoms with Gasteiger partial charge in [-0.15, -0.1) is 0 Å². The Kier molecular flexibility index (Phi) is 1.98. The molecular weight excluding hydrogens is 142 g/mol. The molecule has 0 fully saturated rings. The Labute approximate surface area is 66.5 Å². The Balaban J connectivity index is 2.73. The van der Waals surface area contributed by atoms with E-state index in [1.807, 2.05) is 20.8 Å². The summed E-state index contributed by atoms with van der Waals surface area (Å²) in [6.45, 7) is 6.50. The molecule has 0 atom stereocenters. The molecule has 0 radical (unpaired) electrons. The fourth-order valence-electron chi connectivity index (χ4n) is 0.830. The highest BCUT2D eigenvalue weighted by Crippen LogP contribution is 2.19. The van der Waals surface area contributed by atoms with Crippen molar-refractivity contribution in [3.8, 4) is 0 Å². The van der Waals surface area contributed by atoms with E-state index in [2.05, 4.69) is 4.99 Å². The average molecular weight is 155 g/mol. The summed E-state index contributed by atoms with van der Waals surface area (Å²) in [5.41, 5.74) is -0.143. The second-order valence-electron chi connectivity index (χ2n) is 3.66. The summed E-state index contributed by atoms with van der Waals surface area (Å²) in [7, 11) is 0. The Hall–Kier alpha value is -0.860. The Bertz CT molecular complexity index is 201. The van der Waals surface area contributed by atoms with Crippen LogP contribution in [0, 0.1) is 5.41 Å². The van der Waals surface area contributed by atoms with Gasteiger partial charge in [0.2, 0.25) is 0 Å². The topological polar surface area (TPSA) is 38.7 Å². The minimum absolute atomic E-state index is 0.143. The normalized spacial score (nSPS) is 19.2. The summed E-state index contributed by atoms with van der Waals surface area (Å²) in [5, 5.41) is 0. The van der Waals surface area contributed by atoms with Crippen LogP contribution in [-0.2, 0) is 9.53 Å². The Morgan fingerprint density at radius 2 is 2.09 bits per heavy atom. The maximum Gasteiger partial charge on any atom is 0.314 e. The van der Waals surface area contributed by atoms with Crippen LogP contribution < -0.4 is 0 Å². The van der Waals surface area contributed by atoms with Gasteiger partial charge >= 0.3 is 5.97 Å². The first-order valence-electron chi connectivity index (χ1n) is 3.76. The van der Waals surface area contributed by atoms with Gasteiger partial charge in [0.1, 0.15) is 0 Å². The zero-order chi connectivity index (χ0) is 8.48. The minimum Gasteiger partial charge on any atom is -0.411 e. The van der Waals surface area contributed by atoms with Crippen molar-refractivity contribution in [3.05, 3.63) is 0 Å². The van der Waals surface area contributed by atoms with Crippen LogP contribution in [0.1, 0.15) is 27.2 Å². The fourth-order valence-corrected chi connectivity index (χ4v) is 0.830. The molecular formula is C8H13NO2. The molecule has 0 spiro atoms. The molecule has 0 N–H and O–H groups in total. The van der Waals surface area contributed by atoms with Crippen LogP contribution in [0.25, 0.3) is 0 Å². The van der Waals surface area contributed by atoms with Gasteiger partial charge in [0.25, 0.3) is 0 Å². The van der Waals surface area contributed by atoms with Crippen LogP contribution in [0.2, 0.25) is 0 Å². The van der Waals surface area contributed by atoms with Gasteiger partial charge in [-0.2, -0.15) is 0 Å². The Morgan fingerprint density at radius 3 is 2.45 bits per heavy atom. The lowest BCUT2D eigenvalue weighted by Gasteiger charge is -2.22. The summed E-state index contributed by atoms with van der Waals surface area (Å²) in [6, 6.07) is 0. The van der Waals surface area contributed by atoms with E-state index in [0.717, 1.165) is 0 Å². The van der Waals surface area contributed by atoms with Gasteiger partial charge in [0, 0.05) is 5.41 Å². The average Bonchev–Trinajstić information content (AvgIpc) is 1.86. The first-order chi connectivity index (χ1) is 5.00. The van der Waals surface area contributed by atoms with E-state index in [0.29, 0.717) is 18.9 Å². The van der Waals surface area contributed by atoms with Crippen molar-refractivity contribution in [1.29, 1.82) is 0 Å². The van der Waals surface area contributed by atoms with Gasteiger partial charge in [-0.25, -0.2) is 0 Å². The number of nitrogens with zero attached hydrogens (tertiary/aromatic N) is 1. The maximum atomic E-state index is 10.8. The summed E-state index contributed by atoms with van der Waals surface area (Å²) in [5.74, 6) is 0.402. The lowest BCUT2D eigenvalue weighted by Crippen LogP contribution is -2.30. The number of aliphatic imine (C=N–C) groups is 1. The van der Waals surface area contributed by atoms with Crippen LogP contribution in [0.15, 0.2) is 4.99 Å². The molecule has 0 aliphatic carbocycles. The zero-order valence-electron chi connectivity index (χ0n) is 7.18. The lowest BCUT2D eigenvalue weighted by atomic mass is 9.96. The van der Waals surface area contributed by atoms with Crippen molar-refractivity contribution in [1.82, 2.24) is 0 Å². The summed E-state index contributed by atoms with van der Waals surface area (Å²) in [4.78, 5) is 14.9. The van der Waals surface area contributed by atoms with Gasteiger partial charge in [-0.05, 0) is 0 Å². The molecule has 0 aromatic carbocycles. The summed E-state index contributed by atoms with van der Waals surface area (Å²) < 4.78 is 4.96. The third-order valence-electron chi connectivity index (χ3n) is 1.42. The molecule has 1 aliphatic rings. The predicted molar refractivity (Wildman–Crippen MR) is 42.5 cm³/mol. The number of cyclic esters (lactones) is 1. The molecule has 3 nitrogen and oxygen atoms in total. The van der Waals surface area contributed by atoms with Crippen LogP contribution in [0.5, 0.6) is 0 Å². The van der Waals surface area contributed by atoms with Crippen molar-refractivity contribution in [2.24, 2.45) is 10.4 Å². The number of carbonyl (C=O) groups excluding carboxylic acids is 1. The van der Waals surface area contributed by atoms with Crippen LogP contribution >= 0.6 is 0 Å². The van der Waals surface area contributed by atoms with E-state index in [9.17, 15) is 4.79 Å². The van der Waals surface area contributed by atoms with Gasteiger partial charge in [0.15, 0.2) is 5.90 Å². The second kappa shape index (κ2) is 2.64. The molecule has 62 valence electrons. The monoisotopic (exact) mass is 155 g/mol. The number of ether oxygens (including phenoxy) is 1. The van der Waals surface area contributed by atoms with Gasteiger partial charge in [-0.3, -0.25) is 9.79 Å². The van der Waals surface area contributed by atoms with Gasteiger partial charge in [-0.1, -0.05) is 20.8 Å². The van der Waals surface area contributed by atoms with Crippen molar-refractivity contribution in [2.75, 3.05) is 6.54 Å². The molecule has 0 aromatic heterocycles. The molecule has 11 heavy (non-hydrogen) atoms. The molecule has 0 amide bonds. The minimum atomic E-state index is -0.162. The fraction of sp³-hybridized carbons (Fsp3) is 0.750. The third-order valence-corrected chi connectivity index (χ3v) is 1.42. The van der Waals surface area contributed by atoms with Gasteiger partial charge in [0.05, 0.1) is 13.0 Å². The molecule has 0 saturated heterocycles. The zero-order valence-corrected chi connectivity index (χ0v) is 7.18. The largest absolute Gasteiger partial charge is 0.411 e. The van der Waals surface area contributed by atoms with Crippen molar-refractivity contribution in [2.45, 2.75) is 27.2 Å². The highest BCUT2D eigenvalue weighted by Gasteiger charge is 2.25. The van der Waals surface area contributed by atoms with E-state index in [1.165, 1.54) is 0 Å². The van der Waals surface area contributed by atoms with E-state index in [-0.39, 0.29) is 11.4 Å². The molecule has 0 unspecified atom stereocenters. The SMILES string of the molecule is CC(C)(C)C1=NCCC(=O)O1. The molecule has 0 bridgehead atoms. The van der Waals surface area contributed by atoms with Crippen LogP contribution in [0.3, 0.4) is 0 Å². The second-order valence-corrected chi connectivity index (χ2v) is 3.66. The maximum absolute atomic E-state index is 10.8. The van der Waals surface area contributed by atoms with Crippen LogP contribution in [-0.4, -0.2) is 18.4 Å². The van der Waals surface area contributed by atoms with Crippen molar-refractivity contribution in [3.63, 3.8) is 0 Å². The quantitative estimate of drug-likeness (QED) is 0.496. The summed E-state index contributed by atoms with van der Waals surface area (Å²) in [6.07, 6.45) is 0.416. The van der Waals surface area contributed by atoms with Gasteiger partial charge < -0.3 is 4.74 Å². The number of hydrogen-bond acceptors (Lipinski definition) is 3.